The number of amides is 1. The Labute approximate surface area is 140 Å². The first kappa shape index (κ1) is 15.2. The molecule has 2 aliphatic rings. The molecular weight excluding hydrogens is 306 g/mol. The van der Waals surface area contributed by atoms with E-state index in [4.69, 9.17) is 9.26 Å². The summed E-state index contributed by atoms with van der Waals surface area (Å²) >= 11 is 0. The van der Waals surface area contributed by atoms with E-state index in [1.165, 1.54) is 5.56 Å². The van der Waals surface area contributed by atoms with Crippen molar-refractivity contribution < 1.29 is 14.1 Å². The highest BCUT2D eigenvalue weighted by molar-refractivity contribution is 5.79. The average molecular weight is 327 g/mol. The Morgan fingerprint density at radius 3 is 3.17 bits per heavy atom. The van der Waals surface area contributed by atoms with E-state index in [0.29, 0.717) is 24.6 Å². The number of fused-ring (bicyclic) bond motifs is 1. The molecule has 1 aromatic carbocycles. The number of likely N-dealkylation sites (tertiary alicyclic amines) is 1. The largest absolute Gasteiger partial charge is 0.493 e. The molecule has 2 aromatic rings. The molecule has 0 aliphatic carbocycles. The second-order valence-electron chi connectivity index (χ2n) is 6.36. The second kappa shape index (κ2) is 6.26. The molecule has 3 heterocycles. The first-order valence-electron chi connectivity index (χ1n) is 8.61. The zero-order valence-electron chi connectivity index (χ0n) is 13.8. The van der Waals surface area contributed by atoms with Gasteiger partial charge in [-0.05, 0) is 30.0 Å². The highest BCUT2D eigenvalue weighted by atomic mass is 16.5. The maximum absolute atomic E-state index is 12.8. The number of carbonyl (C=O) groups is 1. The SMILES string of the molecule is CCc1nc([C@H]2CCCN2C(=O)Cc2ccc3c(c2)CCO3)no1. The number of aryl methyl sites for hydroxylation is 1. The normalized spacial score (nSPS) is 19.4. The summed E-state index contributed by atoms with van der Waals surface area (Å²) in [5.74, 6) is 2.34. The van der Waals surface area contributed by atoms with Crippen molar-refractivity contribution in [3.8, 4) is 5.75 Å². The van der Waals surface area contributed by atoms with E-state index in [1.54, 1.807) is 0 Å². The number of aromatic nitrogens is 2. The number of rotatable bonds is 4. The molecule has 4 rings (SSSR count). The standard InChI is InChI=1S/C18H21N3O3/c1-2-16-19-18(20-24-16)14-4-3-8-21(14)17(22)11-12-5-6-15-13(10-12)7-9-23-15/h5-6,10,14H,2-4,7-9,11H2,1H3/t14-/m1/s1. The fraction of sp³-hybridized carbons (Fsp3) is 0.500. The number of ether oxygens (including phenoxy) is 1. The third-order valence-electron chi connectivity index (χ3n) is 4.77. The van der Waals surface area contributed by atoms with Crippen molar-refractivity contribution in [2.45, 2.75) is 45.1 Å². The summed E-state index contributed by atoms with van der Waals surface area (Å²) in [7, 11) is 0. The van der Waals surface area contributed by atoms with Crippen LogP contribution in [0.4, 0.5) is 0 Å². The molecule has 0 unspecified atom stereocenters. The van der Waals surface area contributed by atoms with Crippen LogP contribution in [0.2, 0.25) is 0 Å². The summed E-state index contributed by atoms with van der Waals surface area (Å²) < 4.78 is 10.7. The van der Waals surface area contributed by atoms with Crippen LogP contribution >= 0.6 is 0 Å². The highest BCUT2D eigenvalue weighted by Gasteiger charge is 2.33. The fourth-order valence-electron chi connectivity index (χ4n) is 3.51. The second-order valence-corrected chi connectivity index (χ2v) is 6.36. The van der Waals surface area contributed by atoms with Gasteiger partial charge in [-0.15, -0.1) is 0 Å². The molecule has 0 radical (unpaired) electrons. The van der Waals surface area contributed by atoms with Crippen LogP contribution in [0.1, 0.15) is 48.6 Å². The van der Waals surface area contributed by atoms with Crippen molar-refractivity contribution in [1.29, 1.82) is 0 Å². The lowest BCUT2D eigenvalue weighted by Crippen LogP contribution is -2.32. The molecule has 0 spiro atoms. The molecule has 1 atom stereocenters. The van der Waals surface area contributed by atoms with Crippen molar-refractivity contribution in [2.75, 3.05) is 13.2 Å². The summed E-state index contributed by atoms with van der Waals surface area (Å²) in [6.45, 7) is 3.47. The van der Waals surface area contributed by atoms with Crippen LogP contribution < -0.4 is 4.74 Å². The predicted molar refractivity (Wildman–Crippen MR) is 86.7 cm³/mol. The third kappa shape index (κ3) is 2.77. The van der Waals surface area contributed by atoms with E-state index in [9.17, 15) is 4.79 Å². The lowest BCUT2D eigenvalue weighted by molar-refractivity contribution is -0.131. The van der Waals surface area contributed by atoms with Gasteiger partial charge in [0, 0.05) is 19.4 Å². The molecule has 1 fully saturated rings. The Morgan fingerprint density at radius 1 is 1.42 bits per heavy atom. The first-order valence-corrected chi connectivity index (χ1v) is 8.61. The summed E-state index contributed by atoms with van der Waals surface area (Å²) in [6.07, 6.45) is 3.91. The van der Waals surface area contributed by atoms with Gasteiger partial charge in [0.2, 0.25) is 11.8 Å². The zero-order chi connectivity index (χ0) is 16.5. The van der Waals surface area contributed by atoms with Crippen LogP contribution in [0.25, 0.3) is 0 Å². The topological polar surface area (TPSA) is 68.5 Å². The first-order chi connectivity index (χ1) is 11.7. The summed E-state index contributed by atoms with van der Waals surface area (Å²) in [5, 5.41) is 4.06. The molecule has 1 aromatic heterocycles. The Bertz CT molecular complexity index is 756. The van der Waals surface area contributed by atoms with E-state index < -0.39 is 0 Å². The predicted octanol–water partition coefficient (Wildman–Crippen LogP) is 2.47. The average Bonchev–Trinajstić information content (AvgIpc) is 3.32. The molecule has 0 bridgehead atoms. The smallest absolute Gasteiger partial charge is 0.227 e. The summed E-state index contributed by atoms with van der Waals surface area (Å²) in [6, 6.07) is 5.99. The number of nitrogens with zero attached hydrogens (tertiary/aromatic N) is 3. The minimum atomic E-state index is -0.0562. The van der Waals surface area contributed by atoms with Gasteiger partial charge in [0.15, 0.2) is 5.82 Å². The Kier molecular flexibility index (Phi) is 3.96. The molecule has 2 aliphatic heterocycles. The van der Waals surface area contributed by atoms with Crippen LogP contribution in [-0.2, 0) is 24.1 Å². The number of hydrogen-bond donors (Lipinski definition) is 0. The van der Waals surface area contributed by atoms with Crippen LogP contribution in [0.3, 0.4) is 0 Å². The zero-order valence-corrected chi connectivity index (χ0v) is 13.8. The van der Waals surface area contributed by atoms with Crippen molar-refractivity contribution in [3.63, 3.8) is 0 Å². The Hall–Kier alpha value is -2.37. The van der Waals surface area contributed by atoms with E-state index in [0.717, 1.165) is 43.7 Å². The van der Waals surface area contributed by atoms with Gasteiger partial charge in [0.05, 0.1) is 19.1 Å². The van der Waals surface area contributed by atoms with Gasteiger partial charge in [0.1, 0.15) is 5.75 Å². The van der Waals surface area contributed by atoms with Crippen LogP contribution in [0.15, 0.2) is 22.7 Å². The molecular formula is C18H21N3O3. The molecule has 1 amide bonds. The van der Waals surface area contributed by atoms with Crippen LogP contribution in [0, 0.1) is 0 Å². The quantitative estimate of drug-likeness (QED) is 0.863. The summed E-state index contributed by atoms with van der Waals surface area (Å²) in [4.78, 5) is 19.1. The number of benzene rings is 1. The molecule has 0 saturated carbocycles. The minimum Gasteiger partial charge on any atom is -0.493 e. The van der Waals surface area contributed by atoms with Gasteiger partial charge in [-0.1, -0.05) is 24.2 Å². The number of hydrogen-bond acceptors (Lipinski definition) is 5. The lowest BCUT2D eigenvalue weighted by Gasteiger charge is -2.22. The third-order valence-corrected chi connectivity index (χ3v) is 4.77. The van der Waals surface area contributed by atoms with Gasteiger partial charge >= 0.3 is 0 Å². The van der Waals surface area contributed by atoms with E-state index in [2.05, 4.69) is 16.2 Å². The van der Waals surface area contributed by atoms with Gasteiger partial charge < -0.3 is 14.2 Å². The summed E-state index contributed by atoms with van der Waals surface area (Å²) in [5.41, 5.74) is 2.24. The van der Waals surface area contributed by atoms with Crippen LogP contribution in [0.5, 0.6) is 5.75 Å². The highest BCUT2D eigenvalue weighted by Crippen LogP contribution is 2.31. The van der Waals surface area contributed by atoms with Crippen LogP contribution in [-0.4, -0.2) is 34.1 Å². The van der Waals surface area contributed by atoms with E-state index in [-0.39, 0.29) is 11.9 Å². The fourth-order valence-corrected chi connectivity index (χ4v) is 3.51. The molecule has 6 heteroatoms. The van der Waals surface area contributed by atoms with Gasteiger partial charge in [-0.2, -0.15) is 4.98 Å². The Balaban J connectivity index is 1.48. The maximum atomic E-state index is 12.8. The van der Waals surface area contributed by atoms with Crippen molar-refractivity contribution in [2.24, 2.45) is 0 Å². The van der Waals surface area contributed by atoms with Crippen molar-refractivity contribution in [3.05, 3.63) is 41.0 Å². The Morgan fingerprint density at radius 2 is 2.33 bits per heavy atom. The van der Waals surface area contributed by atoms with Gasteiger partial charge in [0.25, 0.3) is 0 Å². The van der Waals surface area contributed by atoms with Gasteiger partial charge in [-0.25, -0.2) is 0 Å². The van der Waals surface area contributed by atoms with Gasteiger partial charge in [-0.3, -0.25) is 4.79 Å². The molecule has 0 N–H and O–H groups in total. The van der Waals surface area contributed by atoms with E-state index >= 15 is 0 Å². The molecule has 126 valence electrons. The van der Waals surface area contributed by atoms with E-state index in [1.807, 2.05) is 24.0 Å². The minimum absolute atomic E-state index is 0.0562. The number of carbonyl (C=O) groups excluding carboxylic acids is 1. The molecule has 1 saturated heterocycles. The monoisotopic (exact) mass is 327 g/mol. The molecule has 6 nitrogen and oxygen atoms in total. The van der Waals surface area contributed by atoms with Crippen molar-refractivity contribution >= 4 is 5.91 Å². The van der Waals surface area contributed by atoms with Crippen molar-refractivity contribution in [1.82, 2.24) is 15.0 Å². The maximum Gasteiger partial charge on any atom is 0.227 e. The molecule has 24 heavy (non-hydrogen) atoms. The lowest BCUT2D eigenvalue weighted by atomic mass is 10.1.